The van der Waals surface area contributed by atoms with Gasteiger partial charge in [0, 0.05) is 24.3 Å². The molecule has 0 unspecified atom stereocenters. The minimum absolute atomic E-state index is 0.0256. The highest BCUT2D eigenvalue weighted by Gasteiger charge is 2.30. The maximum atomic E-state index is 12.9. The van der Waals surface area contributed by atoms with E-state index in [-0.39, 0.29) is 22.1 Å². The predicted molar refractivity (Wildman–Crippen MR) is 95.4 cm³/mol. The third-order valence-corrected chi connectivity index (χ3v) is 6.06. The Balaban J connectivity index is 1.93. The van der Waals surface area contributed by atoms with Crippen LogP contribution in [0.5, 0.6) is 5.75 Å². The van der Waals surface area contributed by atoms with E-state index in [1.54, 1.807) is 18.2 Å². The fourth-order valence-electron chi connectivity index (χ4n) is 2.81. The van der Waals surface area contributed by atoms with Crippen LogP contribution >= 0.6 is 0 Å². The first kappa shape index (κ1) is 17.4. The second kappa shape index (κ2) is 7.25. The number of amides is 1. The molecule has 1 N–H and O–H groups in total. The van der Waals surface area contributed by atoms with Crippen LogP contribution in [-0.4, -0.2) is 38.8 Å². The van der Waals surface area contributed by atoms with Gasteiger partial charge in [-0.1, -0.05) is 18.2 Å². The number of methoxy groups -OCH3 is 1. The maximum Gasteiger partial charge on any atom is 0.255 e. The molecule has 1 saturated heterocycles. The van der Waals surface area contributed by atoms with E-state index in [0.717, 1.165) is 12.8 Å². The van der Waals surface area contributed by atoms with Gasteiger partial charge in [-0.25, -0.2) is 8.42 Å². The van der Waals surface area contributed by atoms with Gasteiger partial charge < -0.3 is 10.1 Å². The number of sulfonamides is 1. The fraction of sp³-hybridized carbons (Fsp3) is 0.278. The summed E-state index contributed by atoms with van der Waals surface area (Å²) >= 11 is 0. The molecule has 132 valence electrons. The van der Waals surface area contributed by atoms with Crippen LogP contribution in [0.1, 0.15) is 23.2 Å². The first-order valence-corrected chi connectivity index (χ1v) is 9.51. The van der Waals surface area contributed by atoms with Gasteiger partial charge in [0.25, 0.3) is 5.91 Å². The van der Waals surface area contributed by atoms with E-state index in [4.69, 9.17) is 4.74 Å². The van der Waals surface area contributed by atoms with Crippen molar-refractivity contribution >= 4 is 21.6 Å². The summed E-state index contributed by atoms with van der Waals surface area (Å²) in [5.74, 6) is -0.130. The van der Waals surface area contributed by atoms with Gasteiger partial charge in [-0.05, 0) is 43.2 Å². The van der Waals surface area contributed by atoms with Crippen molar-refractivity contribution in [3.63, 3.8) is 0 Å². The van der Waals surface area contributed by atoms with Crippen molar-refractivity contribution in [2.75, 3.05) is 25.5 Å². The number of nitrogens with zero attached hydrogens (tertiary/aromatic N) is 1. The number of hydrogen-bond acceptors (Lipinski definition) is 4. The lowest BCUT2D eigenvalue weighted by molar-refractivity contribution is 0.102. The number of para-hydroxylation sites is 1. The molecule has 0 radical (unpaired) electrons. The van der Waals surface area contributed by atoms with Gasteiger partial charge >= 0.3 is 0 Å². The summed E-state index contributed by atoms with van der Waals surface area (Å²) in [6.45, 7) is 0.984. The quantitative estimate of drug-likeness (QED) is 0.890. The first-order valence-electron chi connectivity index (χ1n) is 8.07. The first-order chi connectivity index (χ1) is 12.0. The SMILES string of the molecule is COc1ccc(C(=O)Nc2ccccc2)cc1S(=O)(=O)N1CCCC1. The number of nitrogens with one attached hydrogen (secondary N) is 1. The molecule has 2 aromatic carbocycles. The number of rotatable bonds is 5. The topological polar surface area (TPSA) is 75.7 Å². The molecule has 1 aliphatic rings. The summed E-state index contributed by atoms with van der Waals surface area (Å²) in [7, 11) is -2.26. The largest absolute Gasteiger partial charge is 0.495 e. The van der Waals surface area contributed by atoms with Crippen molar-refractivity contribution in [1.29, 1.82) is 0 Å². The number of benzene rings is 2. The Bertz CT molecular complexity index is 860. The average Bonchev–Trinajstić information content (AvgIpc) is 3.17. The van der Waals surface area contributed by atoms with Gasteiger partial charge in [0.2, 0.25) is 10.0 Å². The summed E-state index contributed by atoms with van der Waals surface area (Å²) < 4.78 is 32.4. The highest BCUT2D eigenvalue weighted by molar-refractivity contribution is 7.89. The Morgan fingerprint density at radius 2 is 1.76 bits per heavy atom. The van der Waals surface area contributed by atoms with Crippen LogP contribution in [0.4, 0.5) is 5.69 Å². The van der Waals surface area contributed by atoms with E-state index in [2.05, 4.69) is 5.32 Å². The molecule has 3 rings (SSSR count). The Morgan fingerprint density at radius 1 is 1.08 bits per heavy atom. The summed E-state index contributed by atoms with van der Waals surface area (Å²) in [5.41, 5.74) is 0.912. The molecule has 0 bridgehead atoms. The molecular weight excluding hydrogens is 340 g/mol. The molecule has 0 aromatic heterocycles. The molecule has 1 heterocycles. The van der Waals surface area contributed by atoms with E-state index >= 15 is 0 Å². The summed E-state index contributed by atoms with van der Waals surface area (Å²) in [4.78, 5) is 12.5. The predicted octanol–water partition coefficient (Wildman–Crippen LogP) is 2.73. The molecule has 0 spiro atoms. The lowest BCUT2D eigenvalue weighted by atomic mass is 10.2. The zero-order chi connectivity index (χ0) is 17.9. The zero-order valence-electron chi connectivity index (χ0n) is 13.9. The normalized spacial score (nSPS) is 15.1. The molecule has 0 aliphatic carbocycles. The van der Waals surface area contributed by atoms with Gasteiger partial charge in [0.1, 0.15) is 10.6 Å². The molecule has 0 saturated carbocycles. The number of anilines is 1. The summed E-state index contributed by atoms with van der Waals surface area (Å²) in [6.07, 6.45) is 1.69. The number of carbonyl (C=O) groups is 1. The minimum atomic E-state index is -3.68. The average molecular weight is 360 g/mol. The number of ether oxygens (including phenoxy) is 1. The van der Waals surface area contributed by atoms with Gasteiger partial charge in [0.15, 0.2) is 0 Å². The van der Waals surface area contributed by atoms with E-state index in [1.165, 1.54) is 23.5 Å². The van der Waals surface area contributed by atoms with Crippen molar-refractivity contribution in [3.05, 3.63) is 54.1 Å². The Labute approximate surface area is 147 Å². The Kier molecular flexibility index (Phi) is 5.06. The van der Waals surface area contributed by atoms with Crippen LogP contribution < -0.4 is 10.1 Å². The van der Waals surface area contributed by atoms with E-state index < -0.39 is 10.0 Å². The molecule has 6 nitrogen and oxygen atoms in total. The van der Waals surface area contributed by atoms with Crippen LogP contribution in [0.2, 0.25) is 0 Å². The van der Waals surface area contributed by atoms with E-state index in [9.17, 15) is 13.2 Å². The lowest BCUT2D eigenvalue weighted by Crippen LogP contribution is -2.28. The third-order valence-electron chi connectivity index (χ3n) is 4.14. The second-order valence-corrected chi connectivity index (χ2v) is 7.70. The van der Waals surface area contributed by atoms with Gasteiger partial charge in [0.05, 0.1) is 7.11 Å². The third kappa shape index (κ3) is 3.67. The van der Waals surface area contributed by atoms with Crippen LogP contribution in [0, 0.1) is 0 Å². The Morgan fingerprint density at radius 3 is 2.40 bits per heavy atom. The molecular formula is C18H20N2O4S. The van der Waals surface area contributed by atoms with Crippen LogP contribution in [0.15, 0.2) is 53.4 Å². The van der Waals surface area contributed by atoms with Crippen molar-refractivity contribution in [3.8, 4) is 5.75 Å². The standard InChI is InChI=1S/C18H20N2O4S/c1-24-16-10-9-14(18(21)19-15-7-3-2-4-8-15)13-17(16)25(22,23)20-11-5-6-12-20/h2-4,7-10,13H,5-6,11-12H2,1H3,(H,19,21). The van der Waals surface area contributed by atoms with Crippen molar-refractivity contribution in [2.45, 2.75) is 17.7 Å². The summed E-state index contributed by atoms with van der Waals surface area (Å²) in [6, 6.07) is 13.5. The van der Waals surface area contributed by atoms with E-state index in [0.29, 0.717) is 18.8 Å². The lowest BCUT2D eigenvalue weighted by Gasteiger charge is -2.18. The highest BCUT2D eigenvalue weighted by atomic mass is 32.2. The Hall–Kier alpha value is -2.38. The van der Waals surface area contributed by atoms with Gasteiger partial charge in [-0.3, -0.25) is 4.79 Å². The molecule has 1 fully saturated rings. The van der Waals surface area contributed by atoms with Crippen molar-refractivity contribution < 1.29 is 17.9 Å². The molecule has 1 aliphatic heterocycles. The summed E-state index contributed by atoms with van der Waals surface area (Å²) in [5, 5.41) is 2.76. The zero-order valence-corrected chi connectivity index (χ0v) is 14.8. The minimum Gasteiger partial charge on any atom is -0.495 e. The molecule has 7 heteroatoms. The molecule has 2 aromatic rings. The smallest absolute Gasteiger partial charge is 0.255 e. The molecule has 0 atom stereocenters. The number of carbonyl (C=O) groups excluding carboxylic acids is 1. The highest BCUT2D eigenvalue weighted by Crippen LogP contribution is 2.30. The maximum absolute atomic E-state index is 12.9. The molecule has 1 amide bonds. The van der Waals surface area contributed by atoms with Crippen molar-refractivity contribution in [2.24, 2.45) is 0 Å². The van der Waals surface area contributed by atoms with Gasteiger partial charge in [-0.15, -0.1) is 0 Å². The van der Waals surface area contributed by atoms with Gasteiger partial charge in [-0.2, -0.15) is 4.31 Å². The fourth-order valence-corrected chi connectivity index (χ4v) is 4.51. The van der Waals surface area contributed by atoms with Crippen LogP contribution in [0.3, 0.4) is 0 Å². The van der Waals surface area contributed by atoms with E-state index in [1.807, 2.05) is 18.2 Å². The molecule has 25 heavy (non-hydrogen) atoms. The van der Waals surface area contributed by atoms with Crippen molar-refractivity contribution in [1.82, 2.24) is 4.31 Å². The van der Waals surface area contributed by atoms with Crippen LogP contribution in [-0.2, 0) is 10.0 Å². The van der Waals surface area contributed by atoms with Crippen LogP contribution in [0.25, 0.3) is 0 Å². The number of hydrogen-bond donors (Lipinski definition) is 1. The second-order valence-electron chi connectivity index (χ2n) is 5.80. The monoisotopic (exact) mass is 360 g/mol.